The van der Waals surface area contributed by atoms with E-state index in [0.717, 1.165) is 38.6 Å². The SMILES string of the molecule is Cc1ccc2c(c1)OC(C)(C)C[C@H]2NC(=O)CN(c1ccc(C)c(C)c1)S(C)(=O)=O. The van der Waals surface area contributed by atoms with E-state index in [1.807, 2.05) is 58.9 Å². The fraction of sp³-hybridized carbons (Fsp3) is 0.435. The molecular weight excluding hydrogens is 400 g/mol. The first kappa shape index (κ1) is 22.2. The number of anilines is 1. The number of nitrogens with zero attached hydrogens (tertiary/aromatic N) is 1. The monoisotopic (exact) mass is 430 g/mol. The fourth-order valence-electron chi connectivity index (χ4n) is 3.74. The molecule has 0 aliphatic carbocycles. The van der Waals surface area contributed by atoms with E-state index in [9.17, 15) is 13.2 Å². The molecule has 0 unspecified atom stereocenters. The number of rotatable bonds is 5. The van der Waals surface area contributed by atoms with Gasteiger partial charge in [0.1, 0.15) is 17.9 Å². The summed E-state index contributed by atoms with van der Waals surface area (Å²) in [4.78, 5) is 12.9. The normalized spacial score (nSPS) is 17.6. The maximum Gasteiger partial charge on any atom is 0.241 e. The zero-order valence-electron chi connectivity index (χ0n) is 18.4. The number of fused-ring (bicyclic) bond motifs is 1. The van der Waals surface area contributed by atoms with Gasteiger partial charge in [-0.05, 0) is 69.5 Å². The van der Waals surface area contributed by atoms with Crippen molar-refractivity contribution in [2.45, 2.75) is 52.7 Å². The highest BCUT2D eigenvalue weighted by Crippen LogP contribution is 2.39. The first-order valence-corrected chi connectivity index (χ1v) is 11.8. The van der Waals surface area contributed by atoms with Gasteiger partial charge in [-0.25, -0.2) is 8.42 Å². The Balaban J connectivity index is 1.85. The molecule has 1 aliphatic rings. The number of nitrogens with one attached hydrogen (secondary N) is 1. The Labute approximate surface area is 179 Å². The quantitative estimate of drug-likeness (QED) is 0.783. The second-order valence-corrected chi connectivity index (χ2v) is 10.7. The molecule has 1 aliphatic heterocycles. The molecular formula is C23H30N2O4S. The van der Waals surface area contributed by atoms with E-state index >= 15 is 0 Å². The van der Waals surface area contributed by atoms with Crippen molar-refractivity contribution in [3.05, 3.63) is 58.7 Å². The first-order chi connectivity index (χ1) is 13.9. The van der Waals surface area contributed by atoms with Crippen LogP contribution >= 0.6 is 0 Å². The van der Waals surface area contributed by atoms with Crippen molar-refractivity contribution in [2.24, 2.45) is 0 Å². The van der Waals surface area contributed by atoms with Crippen LogP contribution in [-0.2, 0) is 14.8 Å². The molecule has 0 saturated heterocycles. The number of carbonyl (C=O) groups excluding carboxylic acids is 1. The van der Waals surface area contributed by atoms with E-state index in [2.05, 4.69) is 5.32 Å². The van der Waals surface area contributed by atoms with Gasteiger partial charge in [-0.2, -0.15) is 0 Å². The second-order valence-electron chi connectivity index (χ2n) is 8.77. The summed E-state index contributed by atoms with van der Waals surface area (Å²) in [5, 5.41) is 3.02. The minimum Gasteiger partial charge on any atom is -0.487 e. The highest BCUT2D eigenvalue weighted by molar-refractivity contribution is 7.92. The Morgan fingerprint density at radius 1 is 1.13 bits per heavy atom. The molecule has 0 spiro atoms. The molecule has 0 radical (unpaired) electrons. The molecule has 0 saturated carbocycles. The minimum atomic E-state index is -3.62. The van der Waals surface area contributed by atoms with Gasteiger partial charge in [0.05, 0.1) is 18.0 Å². The number of aryl methyl sites for hydroxylation is 3. The van der Waals surface area contributed by atoms with Crippen molar-refractivity contribution in [2.75, 3.05) is 17.1 Å². The van der Waals surface area contributed by atoms with Crippen LogP contribution in [0.5, 0.6) is 5.75 Å². The molecule has 0 fully saturated rings. The molecule has 1 atom stereocenters. The first-order valence-electron chi connectivity index (χ1n) is 10.00. The lowest BCUT2D eigenvalue weighted by Crippen LogP contribution is -2.45. The average molecular weight is 431 g/mol. The van der Waals surface area contributed by atoms with Crippen LogP contribution in [0.2, 0.25) is 0 Å². The Bertz CT molecular complexity index is 1080. The topological polar surface area (TPSA) is 75.7 Å². The standard InChI is InChI=1S/C23H30N2O4S/c1-15-7-10-19-20(13-23(4,5)29-21(19)11-15)24-22(26)14-25(30(6,27)28)18-9-8-16(2)17(3)12-18/h7-12,20H,13-14H2,1-6H3,(H,24,26)/t20-/m1/s1. The van der Waals surface area contributed by atoms with Gasteiger partial charge >= 0.3 is 0 Å². The fourth-order valence-corrected chi connectivity index (χ4v) is 4.59. The number of sulfonamides is 1. The van der Waals surface area contributed by atoms with Gasteiger partial charge in [-0.1, -0.05) is 18.2 Å². The van der Waals surface area contributed by atoms with Crippen molar-refractivity contribution in [1.29, 1.82) is 0 Å². The average Bonchev–Trinajstić information content (AvgIpc) is 2.60. The van der Waals surface area contributed by atoms with Gasteiger partial charge in [0.15, 0.2) is 0 Å². The summed E-state index contributed by atoms with van der Waals surface area (Å²) in [6.07, 6.45) is 1.71. The van der Waals surface area contributed by atoms with Crippen molar-refractivity contribution in [1.82, 2.24) is 5.32 Å². The Hall–Kier alpha value is -2.54. The van der Waals surface area contributed by atoms with Crippen LogP contribution in [0.4, 0.5) is 5.69 Å². The van der Waals surface area contributed by atoms with Gasteiger partial charge in [0.2, 0.25) is 15.9 Å². The van der Waals surface area contributed by atoms with Crippen molar-refractivity contribution in [3.8, 4) is 5.75 Å². The third-order valence-electron chi connectivity index (χ3n) is 5.43. The lowest BCUT2D eigenvalue weighted by atomic mass is 9.89. The predicted molar refractivity (Wildman–Crippen MR) is 119 cm³/mol. The number of ether oxygens (including phenoxy) is 1. The number of carbonyl (C=O) groups is 1. The third-order valence-corrected chi connectivity index (χ3v) is 6.57. The zero-order chi connectivity index (χ0) is 22.3. The van der Waals surface area contributed by atoms with Gasteiger partial charge in [-0.15, -0.1) is 0 Å². The van der Waals surface area contributed by atoms with Gasteiger partial charge in [0.25, 0.3) is 0 Å². The van der Waals surface area contributed by atoms with Crippen LogP contribution < -0.4 is 14.4 Å². The summed E-state index contributed by atoms with van der Waals surface area (Å²) in [5.74, 6) is 0.401. The van der Waals surface area contributed by atoms with Gasteiger partial charge < -0.3 is 10.1 Å². The van der Waals surface area contributed by atoms with Crippen molar-refractivity contribution in [3.63, 3.8) is 0 Å². The van der Waals surface area contributed by atoms with E-state index < -0.39 is 15.6 Å². The molecule has 1 amide bonds. The molecule has 2 aromatic rings. The van der Waals surface area contributed by atoms with Crippen molar-refractivity contribution < 1.29 is 17.9 Å². The van der Waals surface area contributed by atoms with E-state index in [1.54, 1.807) is 12.1 Å². The number of benzene rings is 2. The Kier molecular flexibility index (Phi) is 5.87. The molecule has 7 heteroatoms. The van der Waals surface area contributed by atoms with E-state index in [1.165, 1.54) is 0 Å². The van der Waals surface area contributed by atoms with Crippen molar-refractivity contribution >= 4 is 21.6 Å². The molecule has 30 heavy (non-hydrogen) atoms. The van der Waals surface area contributed by atoms with Crippen LogP contribution in [0.1, 0.15) is 48.6 Å². The molecule has 0 bridgehead atoms. The smallest absolute Gasteiger partial charge is 0.241 e. The number of amides is 1. The van der Waals surface area contributed by atoms with E-state index in [0.29, 0.717) is 12.1 Å². The third kappa shape index (κ3) is 4.95. The lowest BCUT2D eigenvalue weighted by Gasteiger charge is -2.38. The second kappa shape index (κ2) is 7.95. The minimum absolute atomic E-state index is 0.252. The molecule has 0 aromatic heterocycles. The highest BCUT2D eigenvalue weighted by atomic mass is 32.2. The van der Waals surface area contributed by atoms with Crippen LogP contribution in [0.25, 0.3) is 0 Å². The van der Waals surface area contributed by atoms with Gasteiger partial charge in [0, 0.05) is 12.0 Å². The molecule has 2 aromatic carbocycles. The summed E-state index contributed by atoms with van der Waals surface area (Å²) in [6.45, 7) is 9.56. The summed E-state index contributed by atoms with van der Waals surface area (Å²) in [5.41, 5.74) is 4.06. The zero-order valence-corrected chi connectivity index (χ0v) is 19.3. The Morgan fingerprint density at radius 2 is 1.83 bits per heavy atom. The van der Waals surface area contributed by atoms with E-state index in [-0.39, 0.29) is 18.5 Å². The predicted octanol–water partition coefficient (Wildman–Crippen LogP) is 3.80. The molecule has 3 rings (SSSR count). The highest BCUT2D eigenvalue weighted by Gasteiger charge is 2.35. The lowest BCUT2D eigenvalue weighted by molar-refractivity contribution is -0.120. The van der Waals surface area contributed by atoms with Gasteiger partial charge in [-0.3, -0.25) is 9.10 Å². The molecule has 6 nitrogen and oxygen atoms in total. The maximum atomic E-state index is 12.9. The number of hydrogen-bond acceptors (Lipinski definition) is 4. The summed E-state index contributed by atoms with van der Waals surface area (Å²) >= 11 is 0. The van der Waals surface area contributed by atoms with Crippen LogP contribution in [0, 0.1) is 20.8 Å². The molecule has 1 N–H and O–H groups in total. The largest absolute Gasteiger partial charge is 0.487 e. The maximum absolute atomic E-state index is 12.9. The summed E-state index contributed by atoms with van der Waals surface area (Å²) in [6, 6.07) is 11.0. The number of hydrogen-bond donors (Lipinski definition) is 1. The van der Waals surface area contributed by atoms with Crippen LogP contribution in [0.15, 0.2) is 36.4 Å². The summed E-state index contributed by atoms with van der Waals surface area (Å²) in [7, 11) is -3.62. The van der Waals surface area contributed by atoms with E-state index in [4.69, 9.17) is 4.74 Å². The molecule has 1 heterocycles. The molecule has 162 valence electrons. The summed E-state index contributed by atoms with van der Waals surface area (Å²) < 4.78 is 32.1. The van der Waals surface area contributed by atoms with Crippen LogP contribution in [0.3, 0.4) is 0 Å². The van der Waals surface area contributed by atoms with Crippen LogP contribution in [-0.4, -0.2) is 32.7 Å². The Morgan fingerprint density at radius 3 is 2.47 bits per heavy atom.